The first kappa shape index (κ1) is 16.6. The second-order valence-corrected chi connectivity index (χ2v) is 5.90. The fourth-order valence-corrected chi connectivity index (χ4v) is 2.36. The molecule has 0 atom stereocenters. The average molecular weight is 361 g/mol. The van der Waals surface area contributed by atoms with Crippen molar-refractivity contribution in [3.8, 4) is 11.7 Å². The SMILES string of the molecule is NC(=O)c1ccc(-n2ccc(OCC3(C(F)(F)F)CC3)n2)nc1Cl. The van der Waals surface area contributed by atoms with E-state index in [2.05, 4.69) is 10.1 Å². The van der Waals surface area contributed by atoms with Gasteiger partial charge in [-0.25, -0.2) is 9.67 Å². The van der Waals surface area contributed by atoms with E-state index >= 15 is 0 Å². The number of pyridine rings is 1. The normalized spacial score (nSPS) is 16.0. The quantitative estimate of drug-likeness (QED) is 0.831. The van der Waals surface area contributed by atoms with Gasteiger partial charge in [0.25, 0.3) is 5.91 Å². The molecule has 10 heteroatoms. The number of amides is 1. The summed E-state index contributed by atoms with van der Waals surface area (Å²) >= 11 is 5.85. The highest BCUT2D eigenvalue weighted by atomic mass is 35.5. The Morgan fingerprint density at radius 2 is 2.08 bits per heavy atom. The van der Waals surface area contributed by atoms with Gasteiger partial charge < -0.3 is 10.5 Å². The van der Waals surface area contributed by atoms with Crippen molar-refractivity contribution in [2.45, 2.75) is 19.0 Å². The van der Waals surface area contributed by atoms with Crippen LogP contribution < -0.4 is 10.5 Å². The van der Waals surface area contributed by atoms with Crippen LogP contribution in [0.25, 0.3) is 5.82 Å². The highest BCUT2D eigenvalue weighted by molar-refractivity contribution is 6.32. The number of carbonyl (C=O) groups excluding carboxylic acids is 1. The van der Waals surface area contributed by atoms with Crippen molar-refractivity contribution in [3.63, 3.8) is 0 Å². The summed E-state index contributed by atoms with van der Waals surface area (Å²) in [4.78, 5) is 15.1. The molecule has 3 rings (SSSR count). The number of aromatic nitrogens is 3. The zero-order chi connectivity index (χ0) is 17.5. The van der Waals surface area contributed by atoms with Gasteiger partial charge in [0.2, 0.25) is 5.88 Å². The van der Waals surface area contributed by atoms with E-state index < -0.39 is 24.1 Å². The third kappa shape index (κ3) is 3.03. The van der Waals surface area contributed by atoms with Crippen LogP contribution in [-0.2, 0) is 0 Å². The third-order valence-corrected chi connectivity index (χ3v) is 4.14. The third-order valence-electron chi connectivity index (χ3n) is 3.85. The van der Waals surface area contributed by atoms with E-state index in [0.717, 1.165) is 0 Å². The summed E-state index contributed by atoms with van der Waals surface area (Å²) in [6.45, 7) is -0.470. The minimum Gasteiger partial charge on any atom is -0.476 e. The number of hydrogen-bond donors (Lipinski definition) is 1. The second kappa shape index (κ2) is 5.66. The molecular formula is C14H12ClF3N4O2. The van der Waals surface area contributed by atoms with Crippen LogP contribution in [0.2, 0.25) is 5.15 Å². The number of rotatable bonds is 5. The molecule has 2 aromatic heterocycles. The Kier molecular flexibility index (Phi) is 3.90. The average Bonchev–Trinajstić information content (AvgIpc) is 3.16. The van der Waals surface area contributed by atoms with Gasteiger partial charge >= 0.3 is 6.18 Å². The number of primary amides is 1. The Morgan fingerprint density at radius 1 is 1.38 bits per heavy atom. The fourth-order valence-electron chi connectivity index (χ4n) is 2.12. The maximum absolute atomic E-state index is 12.8. The van der Waals surface area contributed by atoms with Crippen molar-refractivity contribution in [1.82, 2.24) is 14.8 Å². The molecule has 1 saturated carbocycles. The topological polar surface area (TPSA) is 83.0 Å². The van der Waals surface area contributed by atoms with Crippen molar-refractivity contribution in [2.24, 2.45) is 11.1 Å². The van der Waals surface area contributed by atoms with Crippen LogP contribution in [-0.4, -0.2) is 33.5 Å². The molecule has 1 fully saturated rings. The number of halogens is 4. The Morgan fingerprint density at radius 3 is 2.62 bits per heavy atom. The smallest absolute Gasteiger partial charge is 0.397 e. The lowest BCUT2D eigenvalue weighted by Crippen LogP contribution is -2.30. The zero-order valence-corrected chi connectivity index (χ0v) is 12.9. The molecule has 0 radical (unpaired) electrons. The molecule has 1 aliphatic carbocycles. The molecule has 0 bridgehead atoms. The van der Waals surface area contributed by atoms with Crippen LogP contribution >= 0.6 is 11.6 Å². The van der Waals surface area contributed by atoms with Gasteiger partial charge in [0.15, 0.2) is 5.82 Å². The molecule has 0 aromatic carbocycles. The van der Waals surface area contributed by atoms with Gasteiger partial charge in [0, 0.05) is 12.3 Å². The molecule has 0 unspecified atom stereocenters. The summed E-state index contributed by atoms with van der Waals surface area (Å²) in [5.74, 6) is -0.398. The van der Waals surface area contributed by atoms with Gasteiger partial charge in [0.1, 0.15) is 17.2 Å². The first-order valence-corrected chi connectivity index (χ1v) is 7.32. The van der Waals surface area contributed by atoms with Crippen molar-refractivity contribution >= 4 is 17.5 Å². The lowest BCUT2D eigenvalue weighted by atomic mass is 10.1. The maximum Gasteiger partial charge on any atom is 0.397 e. The molecule has 0 aliphatic heterocycles. The van der Waals surface area contributed by atoms with Crippen molar-refractivity contribution in [2.75, 3.05) is 6.61 Å². The van der Waals surface area contributed by atoms with Gasteiger partial charge in [-0.05, 0) is 25.0 Å². The van der Waals surface area contributed by atoms with Crippen LogP contribution in [0.3, 0.4) is 0 Å². The fraction of sp³-hybridized carbons (Fsp3) is 0.357. The van der Waals surface area contributed by atoms with Crippen LogP contribution in [0.5, 0.6) is 5.88 Å². The van der Waals surface area contributed by atoms with Crippen LogP contribution in [0.1, 0.15) is 23.2 Å². The molecule has 0 saturated heterocycles. The number of hydrogen-bond acceptors (Lipinski definition) is 4. The van der Waals surface area contributed by atoms with E-state index in [4.69, 9.17) is 22.1 Å². The standard InChI is InChI=1S/C14H12ClF3N4O2/c15-11-8(12(19)23)1-2-9(20-11)22-6-3-10(21-22)24-7-13(4-5-13)14(16,17)18/h1-3,6H,4-5,7H2,(H2,19,23). The number of carbonyl (C=O) groups is 1. The Labute approximate surface area is 139 Å². The summed E-state index contributed by atoms with van der Waals surface area (Å²) < 4.78 is 45.0. The van der Waals surface area contributed by atoms with Gasteiger partial charge in [-0.15, -0.1) is 5.10 Å². The predicted octanol–water partition coefficient (Wildman–Crippen LogP) is 2.74. The molecule has 6 nitrogen and oxygen atoms in total. The molecule has 1 aliphatic rings. The molecule has 2 heterocycles. The predicted molar refractivity (Wildman–Crippen MR) is 78.1 cm³/mol. The summed E-state index contributed by atoms with van der Waals surface area (Å²) in [7, 11) is 0. The van der Waals surface area contributed by atoms with Crippen LogP contribution in [0.4, 0.5) is 13.2 Å². The van der Waals surface area contributed by atoms with E-state index in [1.54, 1.807) is 0 Å². The lowest BCUT2D eigenvalue weighted by Gasteiger charge is -2.18. The lowest BCUT2D eigenvalue weighted by molar-refractivity contribution is -0.194. The largest absolute Gasteiger partial charge is 0.476 e. The number of alkyl halides is 3. The molecular weight excluding hydrogens is 349 g/mol. The van der Waals surface area contributed by atoms with E-state index in [1.807, 2.05) is 0 Å². The molecule has 0 spiro atoms. The first-order valence-electron chi connectivity index (χ1n) is 6.94. The molecule has 2 aromatic rings. The molecule has 2 N–H and O–H groups in total. The number of nitrogens with two attached hydrogens (primary N) is 1. The first-order chi connectivity index (χ1) is 11.2. The Hall–Kier alpha value is -2.29. The van der Waals surface area contributed by atoms with E-state index in [0.29, 0.717) is 0 Å². The number of nitrogens with zero attached hydrogens (tertiary/aromatic N) is 3. The van der Waals surface area contributed by atoms with E-state index in [1.165, 1.54) is 29.1 Å². The van der Waals surface area contributed by atoms with Gasteiger partial charge in [-0.1, -0.05) is 11.6 Å². The molecule has 128 valence electrons. The van der Waals surface area contributed by atoms with Gasteiger partial charge in [-0.3, -0.25) is 4.79 Å². The maximum atomic E-state index is 12.8. The highest BCUT2D eigenvalue weighted by Crippen LogP contribution is 2.57. The van der Waals surface area contributed by atoms with Crippen LogP contribution in [0, 0.1) is 5.41 Å². The van der Waals surface area contributed by atoms with Crippen molar-refractivity contribution < 1.29 is 22.7 Å². The molecule has 1 amide bonds. The van der Waals surface area contributed by atoms with Crippen molar-refractivity contribution in [1.29, 1.82) is 0 Å². The summed E-state index contributed by atoms with van der Waals surface area (Å²) in [5, 5.41) is 3.91. The van der Waals surface area contributed by atoms with Crippen LogP contribution in [0.15, 0.2) is 24.4 Å². The summed E-state index contributed by atoms with van der Waals surface area (Å²) in [6, 6.07) is 4.27. The second-order valence-electron chi connectivity index (χ2n) is 5.54. The van der Waals surface area contributed by atoms with Gasteiger partial charge in [-0.2, -0.15) is 13.2 Å². The van der Waals surface area contributed by atoms with E-state index in [-0.39, 0.29) is 35.3 Å². The van der Waals surface area contributed by atoms with Crippen molar-refractivity contribution in [3.05, 3.63) is 35.1 Å². The Balaban J connectivity index is 1.72. The zero-order valence-electron chi connectivity index (χ0n) is 12.2. The summed E-state index contributed by atoms with van der Waals surface area (Å²) in [6.07, 6.45) is -2.70. The number of ether oxygens (including phenoxy) is 1. The Bertz CT molecular complexity index is 787. The summed E-state index contributed by atoms with van der Waals surface area (Å²) in [5.41, 5.74) is 3.43. The molecule has 24 heavy (non-hydrogen) atoms. The van der Waals surface area contributed by atoms with E-state index in [9.17, 15) is 18.0 Å². The minimum absolute atomic E-state index is 0.0439. The minimum atomic E-state index is -4.28. The van der Waals surface area contributed by atoms with Gasteiger partial charge in [0.05, 0.1) is 5.56 Å². The monoisotopic (exact) mass is 360 g/mol. The highest BCUT2D eigenvalue weighted by Gasteiger charge is 2.63.